The van der Waals surface area contributed by atoms with Gasteiger partial charge in [0.2, 0.25) is 0 Å². The lowest BCUT2D eigenvalue weighted by molar-refractivity contribution is 0.450. The monoisotopic (exact) mass is 230 g/mol. The number of benzene rings is 1. The summed E-state index contributed by atoms with van der Waals surface area (Å²) >= 11 is 0. The van der Waals surface area contributed by atoms with Gasteiger partial charge < -0.3 is 14.6 Å². The molecule has 0 saturated carbocycles. The molecular formula is C12H10N2O3. The lowest BCUT2D eigenvalue weighted by Crippen LogP contribution is -1.81. The summed E-state index contributed by atoms with van der Waals surface area (Å²) in [6.45, 7) is 0. The minimum absolute atomic E-state index is 0.00117. The number of hydrogen-bond acceptors (Lipinski definition) is 5. The van der Waals surface area contributed by atoms with E-state index in [9.17, 15) is 5.11 Å². The number of hydrogen-bond donors (Lipinski definition) is 2. The van der Waals surface area contributed by atoms with Crippen LogP contribution in [0, 0.1) is 0 Å². The van der Waals surface area contributed by atoms with Gasteiger partial charge in [0.25, 0.3) is 0 Å². The Morgan fingerprint density at radius 1 is 1.06 bits per heavy atom. The third-order valence-electron chi connectivity index (χ3n) is 2.01. The standard InChI is InChI=1S/C12H10N2O3/c15-10-4-3-9(12(16)6-10)7-13-14-8-11-2-1-5-17-11/h1-8,15-16H. The van der Waals surface area contributed by atoms with Gasteiger partial charge in [0.15, 0.2) is 0 Å². The molecular weight excluding hydrogens is 220 g/mol. The first-order valence-corrected chi connectivity index (χ1v) is 4.87. The van der Waals surface area contributed by atoms with E-state index in [1.165, 1.54) is 36.9 Å². The molecule has 0 unspecified atom stereocenters. The van der Waals surface area contributed by atoms with Crippen molar-refractivity contribution in [2.75, 3.05) is 0 Å². The summed E-state index contributed by atoms with van der Waals surface area (Å²) in [5, 5.41) is 26.0. The highest BCUT2D eigenvalue weighted by molar-refractivity contribution is 5.84. The van der Waals surface area contributed by atoms with Gasteiger partial charge in [-0.3, -0.25) is 0 Å². The Kier molecular flexibility index (Phi) is 3.20. The van der Waals surface area contributed by atoms with E-state index in [-0.39, 0.29) is 11.5 Å². The molecule has 1 heterocycles. The van der Waals surface area contributed by atoms with Crippen LogP contribution < -0.4 is 0 Å². The van der Waals surface area contributed by atoms with E-state index in [0.717, 1.165) is 0 Å². The van der Waals surface area contributed by atoms with Gasteiger partial charge in [-0.05, 0) is 24.3 Å². The van der Waals surface area contributed by atoms with Crippen molar-refractivity contribution in [3.63, 3.8) is 0 Å². The molecule has 2 N–H and O–H groups in total. The van der Waals surface area contributed by atoms with Crippen molar-refractivity contribution in [1.82, 2.24) is 0 Å². The molecule has 0 aliphatic heterocycles. The molecule has 5 heteroatoms. The van der Waals surface area contributed by atoms with Crippen LogP contribution in [-0.4, -0.2) is 22.6 Å². The van der Waals surface area contributed by atoms with E-state index < -0.39 is 0 Å². The first-order valence-electron chi connectivity index (χ1n) is 4.87. The molecule has 1 aromatic heterocycles. The van der Waals surface area contributed by atoms with Crippen molar-refractivity contribution >= 4 is 12.4 Å². The van der Waals surface area contributed by atoms with Crippen molar-refractivity contribution < 1.29 is 14.6 Å². The van der Waals surface area contributed by atoms with Crippen molar-refractivity contribution in [1.29, 1.82) is 0 Å². The Labute approximate surface area is 97.4 Å². The summed E-state index contributed by atoms with van der Waals surface area (Å²) in [4.78, 5) is 0. The molecule has 0 bridgehead atoms. The zero-order valence-corrected chi connectivity index (χ0v) is 8.82. The van der Waals surface area contributed by atoms with Gasteiger partial charge in [0, 0.05) is 11.6 Å². The lowest BCUT2D eigenvalue weighted by atomic mass is 10.2. The number of phenols is 2. The second-order valence-electron chi connectivity index (χ2n) is 3.25. The van der Waals surface area contributed by atoms with Gasteiger partial charge >= 0.3 is 0 Å². The number of nitrogens with zero attached hydrogens (tertiary/aromatic N) is 2. The summed E-state index contributed by atoms with van der Waals surface area (Å²) in [5.74, 6) is 0.540. The topological polar surface area (TPSA) is 78.3 Å². The summed E-state index contributed by atoms with van der Waals surface area (Å²) in [7, 11) is 0. The molecule has 0 spiro atoms. The molecule has 0 amide bonds. The third-order valence-corrected chi connectivity index (χ3v) is 2.01. The molecule has 0 aliphatic rings. The predicted octanol–water partition coefficient (Wildman–Crippen LogP) is 2.14. The van der Waals surface area contributed by atoms with Gasteiger partial charge in [0.05, 0.1) is 18.7 Å². The average Bonchev–Trinajstić information content (AvgIpc) is 2.79. The Bertz CT molecular complexity index is 545. The van der Waals surface area contributed by atoms with E-state index in [2.05, 4.69) is 10.2 Å². The molecule has 0 fully saturated rings. The maximum absolute atomic E-state index is 9.45. The fourth-order valence-corrected chi connectivity index (χ4v) is 1.19. The van der Waals surface area contributed by atoms with Crippen LogP contribution in [-0.2, 0) is 0 Å². The van der Waals surface area contributed by atoms with Crippen molar-refractivity contribution in [2.45, 2.75) is 0 Å². The van der Waals surface area contributed by atoms with Crippen LogP contribution in [0.4, 0.5) is 0 Å². The molecule has 86 valence electrons. The SMILES string of the molecule is Oc1ccc(C=NN=Cc2ccco2)c(O)c1. The minimum Gasteiger partial charge on any atom is -0.508 e. The molecule has 5 nitrogen and oxygen atoms in total. The number of phenolic OH excluding ortho intramolecular Hbond substituents is 2. The third kappa shape index (κ3) is 2.94. The Morgan fingerprint density at radius 3 is 2.59 bits per heavy atom. The van der Waals surface area contributed by atoms with Crippen LogP contribution in [0.5, 0.6) is 11.5 Å². The highest BCUT2D eigenvalue weighted by Crippen LogP contribution is 2.20. The summed E-state index contributed by atoms with van der Waals surface area (Å²) in [6.07, 6.45) is 4.37. The Hall–Kier alpha value is -2.56. The number of furan rings is 1. The molecule has 2 aromatic rings. The van der Waals surface area contributed by atoms with Gasteiger partial charge in [0.1, 0.15) is 17.3 Å². The van der Waals surface area contributed by atoms with E-state index in [4.69, 9.17) is 9.52 Å². The molecule has 17 heavy (non-hydrogen) atoms. The van der Waals surface area contributed by atoms with Crippen LogP contribution in [0.15, 0.2) is 51.2 Å². The maximum atomic E-state index is 9.45. The van der Waals surface area contributed by atoms with Crippen LogP contribution in [0.1, 0.15) is 11.3 Å². The molecule has 0 radical (unpaired) electrons. The maximum Gasteiger partial charge on any atom is 0.146 e. The van der Waals surface area contributed by atoms with E-state index in [1.54, 1.807) is 12.1 Å². The summed E-state index contributed by atoms with van der Waals surface area (Å²) < 4.78 is 5.02. The zero-order chi connectivity index (χ0) is 12.1. The molecule has 0 atom stereocenters. The summed E-state index contributed by atoms with van der Waals surface area (Å²) in [6, 6.07) is 7.72. The van der Waals surface area contributed by atoms with Crippen molar-refractivity contribution in [3.05, 3.63) is 47.9 Å². The quantitative estimate of drug-likeness (QED) is 0.626. The van der Waals surface area contributed by atoms with Crippen LogP contribution in [0.25, 0.3) is 0 Å². The van der Waals surface area contributed by atoms with E-state index >= 15 is 0 Å². The van der Waals surface area contributed by atoms with Crippen LogP contribution >= 0.6 is 0 Å². The molecule has 2 rings (SSSR count). The van der Waals surface area contributed by atoms with E-state index in [0.29, 0.717) is 11.3 Å². The first kappa shape index (κ1) is 10.9. The Balaban J connectivity index is 2.05. The number of aromatic hydroxyl groups is 2. The average molecular weight is 230 g/mol. The van der Waals surface area contributed by atoms with E-state index in [1.807, 2.05) is 0 Å². The van der Waals surface area contributed by atoms with Gasteiger partial charge in [-0.2, -0.15) is 10.2 Å². The van der Waals surface area contributed by atoms with Crippen LogP contribution in [0.2, 0.25) is 0 Å². The van der Waals surface area contributed by atoms with Gasteiger partial charge in [-0.15, -0.1) is 0 Å². The highest BCUT2D eigenvalue weighted by atomic mass is 16.3. The smallest absolute Gasteiger partial charge is 0.146 e. The number of rotatable bonds is 3. The second kappa shape index (κ2) is 4.98. The minimum atomic E-state index is -0.0538. The summed E-state index contributed by atoms with van der Waals surface area (Å²) in [5.41, 5.74) is 0.472. The van der Waals surface area contributed by atoms with Gasteiger partial charge in [-0.25, -0.2) is 0 Å². The first-order chi connectivity index (χ1) is 8.25. The molecule has 0 aliphatic carbocycles. The zero-order valence-electron chi connectivity index (χ0n) is 8.82. The largest absolute Gasteiger partial charge is 0.508 e. The van der Waals surface area contributed by atoms with Gasteiger partial charge in [-0.1, -0.05) is 0 Å². The normalized spacial score (nSPS) is 11.5. The Morgan fingerprint density at radius 2 is 1.88 bits per heavy atom. The fourth-order valence-electron chi connectivity index (χ4n) is 1.19. The fraction of sp³-hybridized carbons (Fsp3) is 0. The predicted molar refractivity (Wildman–Crippen MR) is 63.7 cm³/mol. The van der Waals surface area contributed by atoms with Crippen LogP contribution in [0.3, 0.4) is 0 Å². The lowest BCUT2D eigenvalue weighted by Gasteiger charge is -1.97. The van der Waals surface area contributed by atoms with Crippen molar-refractivity contribution in [3.8, 4) is 11.5 Å². The molecule has 1 aromatic carbocycles. The second-order valence-corrected chi connectivity index (χ2v) is 3.25. The molecule has 0 saturated heterocycles. The highest BCUT2D eigenvalue weighted by Gasteiger charge is 1.98. The van der Waals surface area contributed by atoms with Crippen molar-refractivity contribution in [2.24, 2.45) is 10.2 Å².